The molecule has 3 heterocycles. The highest BCUT2D eigenvalue weighted by atomic mass is 15.4. The molecule has 1 saturated heterocycles. The van der Waals surface area contributed by atoms with Crippen LogP contribution in [0.2, 0.25) is 0 Å². The number of hydrogen-bond donors (Lipinski definition) is 1. The van der Waals surface area contributed by atoms with Gasteiger partial charge in [-0.3, -0.25) is 0 Å². The third kappa shape index (κ3) is 1.98. The number of nitrogens with zero attached hydrogens (tertiary/aromatic N) is 4. The lowest BCUT2D eigenvalue weighted by Gasteiger charge is -2.31. The van der Waals surface area contributed by atoms with Crippen molar-refractivity contribution in [2.24, 2.45) is 11.7 Å². The number of rotatable bonds is 2. The third-order valence-electron chi connectivity index (χ3n) is 3.37. The van der Waals surface area contributed by atoms with Gasteiger partial charge in [0.2, 0.25) is 5.95 Å². The van der Waals surface area contributed by atoms with Crippen molar-refractivity contribution in [3.63, 3.8) is 0 Å². The summed E-state index contributed by atoms with van der Waals surface area (Å²) in [7, 11) is 0. The van der Waals surface area contributed by atoms with Crippen molar-refractivity contribution in [3.05, 3.63) is 24.4 Å². The fourth-order valence-corrected chi connectivity index (χ4v) is 2.39. The second kappa shape index (κ2) is 4.33. The van der Waals surface area contributed by atoms with Crippen LogP contribution in [0, 0.1) is 5.92 Å². The number of nitrogens with two attached hydrogens (primary N) is 1. The van der Waals surface area contributed by atoms with E-state index in [9.17, 15) is 0 Å². The van der Waals surface area contributed by atoms with E-state index >= 15 is 0 Å². The topological polar surface area (TPSA) is 59.5 Å². The average Bonchev–Trinajstić information content (AvgIpc) is 2.82. The molecule has 0 aromatic carbocycles. The van der Waals surface area contributed by atoms with Gasteiger partial charge in [-0.1, -0.05) is 6.07 Å². The van der Waals surface area contributed by atoms with E-state index in [1.165, 1.54) is 12.8 Å². The Morgan fingerprint density at radius 1 is 1.41 bits per heavy atom. The zero-order valence-corrected chi connectivity index (χ0v) is 9.79. The van der Waals surface area contributed by atoms with Crippen molar-refractivity contribution in [2.45, 2.75) is 12.8 Å². The van der Waals surface area contributed by atoms with E-state index in [0.717, 1.165) is 31.2 Å². The summed E-state index contributed by atoms with van der Waals surface area (Å²) in [5.74, 6) is 1.41. The second-order valence-corrected chi connectivity index (χ2v) is 4.61. The van der Waals surface area contributed by atoms with Crippen molar-refractivity contribution < 1.29 is 0 Å². The zero-order valence-electron chi connectivity index (χ0n) is 9.79. The van der Waals surface area contributed by atoms with Crippen molar-refractivity contribution in [2.75, 3.05) is 24.5 Å². The van der Waals surface area contributed by atoms with Crippen molar-refractivity contribution in [1.29, 1.82) is 0 Å². The van der Waals surface area contributed by atoms with Gasteiger partial charge in [0.1, 0.15) is 0 Å². The number of fused-ring (bicyclic) bond motifs is 1. The first-order valence-electron chi connectivity index (χ1n) is 6.13. The fourth-order valence-electron chi connectivity index (χ4n) is 2.39. The summed E-state index contributed by atoms with van der Waals surface area (Å²) in [5.41, 5.74) is 6.65. The molecule has 1 fully saturated rings. The molecule has 0 spiro atoms. The number of anilines is 1. The number of hydrogen-bond acceptors (Lipinski definition) is 4. The van der Waals surface area contributed by atoms with Gasteiger partial charge in [0, 0.05) is 19.3 Å². The van der Waals surface area contributed by atoms with Crippen LogP contribution in [-0.2, 0) is 0 Å². The summed E-state index contributed by atoms with van der Waals surface area (Å²) < 4.78 is 1.82. The highest BCUT2D eigenvalue weighted by Crippen LogP contribution is 2.20. The number of piperidine rings is 1. The monoisotopic (exact) mass is 231 g/mol. The van der Waals surface area contributed by atoms with Gasteiger partial charge in [-0.05, 0) is 37.4 Å². The Morgan fingerprint density at radius 3 is 3.18 bits per heavy atom. The molecule has 1 aliphatic heterocycles. The van der Waals surface area contributed by atoms with Gasteiger partial charge in [0.05, 0.1) is 0 Å². The molecular weight excluding hydrogens is 214 g/mol. The minimum atomic E-state index is 0.579. The van der Waals surface area contributed by atoms with Crippen LogP contribution in [0.25, 0.3) is 5.65 Å². The quantitative estimate of drug-likeness (QED) is 0.834. The smallest absolute Gasteiger partial charge is 0.245 e. The maximum absolute atomic E-state index is 5.75. The van der Waals surface area contributed by atoms with Gasteiger partial charge in [-0.15, -0.1) is 5.10 Å². The highest BCUT2D eigenvalue weighted by molar-refractivity contribution is 5.44. The molecule has 2 aromatic rings. The van der Waals surface area contributed by atoms with Crippen LogP contribution in [0.15, 0.2) is 24.4 Å². The SMILES string of the molecule is NCC1CCCN(c2nc3ccccn3n2)C1. The van der Waals surface area contributed by atoms with Gasteiger partial charge in [-0.2, -0.15) is 4.98 Å². The summed E-state index contributed by atoms with van der Waals surface area (Å²) in [6, 6.07) is 5.91. The molecule has 2 aromatic heterocycles. The van der Waals surface area contributed by atoms with Gasteiger partial charge in [-0.25, -0.2) is 4.52 Å². The predicted molar refractivity (Wildman–Crippen MR) is 67.0 cm³/mol. The summed E-state index contributed by atoms with van der Waals surface area (Å²) in [6.07, 6.45) is 4.33. The summed E-state index contributed by atoms with van der Waals surface area (Å²) in [5, 5.41) is 4.50. The van der Waals surface area contributed by atoms with E-state index in [4.69, 9.17) is 5.73 Å². The molecular formula is C12H17N5. The van der Waals surface area contributed by atoms with E-state index < -0.39 is 0 Å². The van der Waals surface area contributed by atoms with Crippen molar-refractivity contribution in [3.8, 4) is 0 Å². The van der Waals surface area contributed by atoms with Crippen LogP contribution < -0.4 is 10.6 Å². The predicted octanol–water partition coefficient (Wildman–Crippen LogP) is 0.904. The minimum Gasteiger partial charge on any atom is -0.339 e. The largest absolute Gasteiger partial charge is 0.339 e. The second-order valence-electron chi connectivity index (χ2n) is 4.61. The van der Waals surface area contributed by atoms with Gasteiger partial charge >= 0.3 is 0 Å². The molecule has 0 radical (unpaired) electrons. The van der Waals surface area contributed by atoms with E-state index in [2.05, 4.69) is 15.0 Å². The standard InChI is InChI=1S/C12H17N5/c13-8-10-4-3-6-16(9-10)12-14-11-5-1-2-7-17(11)15-12/h1-2,5,7,10H,3-4,6,8-9,13H2. The Labute approximate surface area is 100 Å². The van der Waals surface area contributed by atoms with Crippen LogP contribution in [0.1, 0.15) is 12.8 Å². The fraction of sp³-hybridized carbons (Fsp3) is 0.500. The van der Waals surface area contributed by atoms with E-state index in [-0.39, 0.29) is 0 Å². The Hall–Kier alpha value is -1.62. The lowest BCUT2D eigenvalue weighted by atomic mass is 9.99. The molecule has 0 bridgehead atoms. The maximum Gasteiger partial charge on any atom is 0.245 e. The number of aromatic nitrogens is 3. The first-order chi connectivity index (χ1) is 8.36. The van der Waals surface area contributed by atoms with Crippen LogP contribution in [0.5, 0.6) is 0 Å². The van der Waals surface area contributed by atoms with Crippen molar-refractivity contribution in [1.82, 2.24) is 14.6 Å². The Balaban J connectivity index is 1.87. The summed E-state index contributed by atoms with van der Waals surface area (Å²) in [4.78, 5) is 6.79. The van der Waals surface area contributed by atoms with E-state index in [1.807, 2.05) is 28.9 Å². The molecule has 3 rings (SSSR count). The molecule has 90 valence electrons. The normalized spacial score (nSPS) is 21.0. The van der Waals surface area contributed by atoms with Crippen LogP contribution in [0.3, 0.4) is 0 Å². The van der Waals surface area contributed by atoms with Crippen LogP contribution >= 0.6 is 0 Å². The van der Waals surface area contributed by atoms with Crippen LogP contribution in [0.4, 0.5) is 5.95 Å². The first-order valence-corrected chi connectivity index (χ1v) is 6.13. The molecule has 0 saturated carbocycles. The molecule has 1 aliphatic rings. The highest BCUT2D eigenvalue weighted by Gasteiger charge is 2.21. The molecule has 2 N–H and O–H groups in total. The molecule has 5 nitrogen and oxygen atoms in total. The third-order valence-corrected chi connectivity index (χ3v) is 3.37. The lowest BCUT2D eigenvalue weighted by molar-refractivity contribution is 0.419. The first kappa shape index (κ1) is 10.5. The Morgan fingerprint density at radius 2 is 2.35 bits per heavy atom. The summed E-state index contributed by atoms with van der Waals surface area (Å²) >= 11 is 0. The molecule has 17 heavy (non-hydrogen) atoms. The average molecular weight is 231 g/mol. The van der Waals surface area contributed by atoms with Gasteiger partial charge in [0.25, 0.3) is 0 Å². The summed E-state index contributed by atoms with van der Waals surface area (Å²) in [6.45, 7) is 2.77. The van der Waals surface area contributed by atoms with E-state index in [1.54, 1.807) is 0 Å². The Kier molecular flexibility index (Phi) is 2.68. The molecule has 5 heteroatoms. The van der Waals surface area contributed by atoms with Gasteiger partial charge in [0.15, 0.2) is 5.65 Å². The molecule has 0 aliphatic carbocycles. The Bertz CT molecular complexity index is 473. The molecule has 0 amide bonds. The number of pyridine rings is 1. The zero-order chi connectivity index (χ0) is 11.7. The molecule has 1 unspecified atom stereocenters. The maximum atomic E-state index is 5.75. The van der Waals surface area contributed by atoms with Crippen molar-refractivity contribution >= 4 is 11.6 Å². The minimum absolute atomic E-state index is 0.579. The van der Waals surface area contributed by atoms with Gasteiger partial charge < -0.3 is 10.6 Å². The van der Waals surface area contributed by atoms with Crippen LogP contribution in [-0.4, -0.2) is 34.2 Å². The molecule has 1 atom stereocenters. The lowest BCUT2D eigenvalue weighted by Crippen LogP contribution is -2.39. The van der Waals surface area contributed by atoms with E-state index in [0.29, 0.717) is 5.92 Å².